The molecule has 5 rings (SSSR count). The summed E-state index contributed by atoms with van der Waals surface area (Å²) in [4.78, 5) is 0. The minimum Gasteiger partial charge on any atom is -0.493 e. The van der Waals surface area contributed by atoms with Gasteiger partial charge in [-0.1, -0.05) is 54.6 Å². The third-order valence-electron chi connectivity index (χ3n) is 4.97. The van der Waals surface area contributed by atoms with Gasteiger partial charge in [0, 0.05) is 10.8 Å². The van der Waals surface area contributed by atoms with Gasteiger partial charge in [-0.05, 0) is 29.3 Å². The normalized spacial score (nSPS) is 11.3. The highest BCUT2D eigenvalue weighted by molar-refractivity contribution is 5.99. The van der Waals surface area contributed by atoms with Gasteiger partial charge in [0.1, 0.15) is 12.9 Å². The average molecular weight is 424 g/mol. The fourth-order valence-electron chi connectivity index (χ4n) is 3.40. The molecule has 8 heteroatoms. The van der Waals surface area contributed by atoms with E-state index in [-0.39, 0.29) is 0 Å². The highest BCUT2D eigenvalue weighted by Crippen LogP contribution is 2.28. The zero-order valence-electron chi connectivity index (χ0n) is 17.3. The van der Waals surface area contributed by atoms with Crippen LogP contribution in [0.1, 0.15) is 11.1 Å². The highest BCUT2D eigenvalue weighted by Gasteiger charge is 2.09. The summed E-state index contributed by atoms with van der Waals surface area (Å²) in [6.45, 7) is 0.469. The number of hydrogen-bond acceptors (Lipinski definition) is 7. The second kappa shape index (κ2) is 8.73. The summed E-state index contributed by atoms with van der Waals surface area (Å²) in [5.74, 6) is 1.92. The number of methoxy groups -OCH3 is 1. The van der Waals surface area contributed by atoms with E-state index in [2.05, 4.69) is 25.8 Å². The number of fused-ring (bicyclic) bond motifs is 3. The Kier molecular flexibility index (Phi) is 5.32. The van der Waals surface area contributed by atoms with Gasteiger partial charge in [0.05, 0.1) is 13.3 Å². The third-order valence-corrected chi connectivity index (χ3v) is 4.97. The Morgan fingerprint density at radius 1 is 0.969 bits per heavy atom. The lowest BCUT2D eigenvalue weighted by atomic mass is 10.2. The molecular formula is C24H20N6O2. The third kappa shape index (κ3) is 3.93. The molecule has 8 nitrogen and oxygen atoms in total. The van der Waals surface area contributed by atoms with Crippen LogP contribution >= 0.6 is 0 Å². The first-order valence-corrected chi connectivity index (χ1v) is 10.0. The Morgan fingerprint density at radius 2 is 1.78 bits per heavy atom. The number of anilines is 1. The molecule has 2 aromatic heterocycles. The summed E-state index contributed by atoms with van der Waals surface area (Å²) in [6, 6.07) is 23.5. The van der Waals surface area contributed by atoms with Crippen molar-refractivity contribution in [2.24, 2.45) is 5.10 Å². The number of rotatable bonds is 7. The molecule has 0 atom stereocenters. The van der Waals surface area contributed by atoms with Gasteiger partial charge in [0.25, 0.3) is 0 Å². The molecule has 5 aromatic rings. The van der Waals surface area contributed by atoms with Gasteiger partial charge in [-0.2, -0.15) is 9.62 Å². The quantitative estimate of drug-likeness (QED) is 0.309. The van der Waals surface area contributed by atoms with Gasteiger partial charge in [-0.15, -0.1) is 15.3 Å². The minimum absolute atomic E-state index is 0.469. The number of hydrogen-bond donors (Lipinski definition) is 1. The van der Waals surface area contributed by atoms with Gasteiger partial charge >= 0.3 is 0 Å². The SMILES string of the molecule is COc1cc(/C=N/Nc2nn3cnnc3c3ccccc23)ccc1OCc1ccccc1. The van der Waals surface area contributed by atoms with Gasteiger partial charge in [0.15, 0.2) is 23.0 Å². The van der Waals surface area contributed by atoms with E-state index in [1.54, 1.807) is 24.2 Å². The fourth-order valence-corrected chi connectivity index (χ4v) is 3.40. The first kappa shape index (κ1) is 19.5. The van der Waals surface area contributed by atoms with Crippen molar-refractivity contribution in [1.82, 2.24) is 19.8 Å². The van der Waals surface area contributed by atoms with Gasteiger partial charge in [-0.3, -0.25) is 5.43 Å². The minimum atomic E-state index is 0.469. The largest absolute Gasteiger partial charge is 0.493 e. The Morgan fingerprint density at radius 3 is 2.62 bits per heavy atom. The van der Waals surface area contributed by atoms with E-state index in [1.807, 2.05) is 72.8 Å². The lowest BCUT2D eigenvalue weighted by molar-refractivity contribution is 0.284. The lowest BCUT2D eigenvalue weighted by Crippen LogP contribution is -2.01. The monoisotopic (exact) mass is 424 g/mol. The summed E-state index contributed by atoms with van der Waals surface area (Å²) in [5, 5.41) is 18.8. The van der Waals surface area contributed by atoms with Crippen LogP contribution in [0.4, 0.5) is 5.82 Å². The van der Waals surface area contributed by atoms with E-state index in [0.717, 1.165) is 21.9 Å². The van der Waals surface area contributed by atoms with E-state index in [1.165, 1.54) is 0 Å². The first-order chi connectivity index (χ1) is 15.8. The molecule has 0 spiro atoms. The molecule has 1 N–H and O–H groups in total. The van der Waals surface area contributed by atoms with Gasteiger partial charge in [0.2, 0.25) is 0 Å². The molecule has 3 aromatic carbocycles. The maximum atomic E-state index is 5.91. The van der Waals surface area contributed by atoms with Crippen LogP contribution in [0.2, 0.25) is 0 Å². The molecule has 0 aliphatic carbocycles. The van der Waals surface area contributed by atoms with E-state index < -0.39 is 0 Å². The zero-order chi connectivity index (χ0) is 21.8. The van der Waals surface area contributed by atoms with Crippen LogP contribution in [-0.2, 0) is 6.61 Å². The van der Waals surface area contributed by atoms with Crippen LogP contribution in [0.3, 0.4) is 0 Å². The zero-order valence-corrected chi connectivity index (χ0v) is 17.3. The van der Waals surface area contributed by atoms with Crippen molar-refractivity contribution in [3.8, 4) is 11.5 Å². The van der Waals surface area contributed by atoms with Crippen LogP contribution in [0.15, 0.2) is 84.2 Å². The van der Waals surface area contributed by atoms with Crippen molar-refractivity contribution in [2.45, 2.75) is 6.61 Å². The highest BCUT2D eigenvalue weighted by atomic mass is 16.5. The number of ether oxygens (including phenoxy) is 2. The smallest absolute Gasteiger partial charge is 0.185 e. The van der Waals surface area contributed by atoms with Crippen molar-refractivity contribution in [2.75, 3.05) is 12.5 Å². The summed E-state index contributed by atoms with van der Waals surface area (Å²) >= 11 is 0. The molecule has 0 saturated heterocycles. The number of aromatic nitrogens is 4. The molecule has 0 radical (unpaired) electrons. The average Bonchev–Trinajstić information content (AvgIpc) is 3.32. The molecule has 0 fully saturated rings. The molecule has 0 aliphatic rings. The van der Waals surface area contributed by atoms with E-state index in [4.69, 9.17) is 9.47 Å². The van der Waals surface area contributed by atoms with Crippen molar-refractivity contribution in [3.05, 3.63) is 90.3 Å². The number of benzene rings is 3. The number of nitrogens with zero attached hydrogens (tertiary/aromatic N) is 5. The molecule has 0 unspecified atom stereocenters. The van der Waals surface area contributed by atoms with Crippen LogP contribution in [-0.4, -0.2) is 33.1 Å². The van der Waals surface area contributed by atoms with Crippen LogP contribution in [0.5, 0.6) is 11.5 Å². The maximum Gasteiger partial charge on any atom is 0.185 e. The summed E-state index contributed by atoms with van der Waals surface area (Å²) < 4.78 is 13.0. The maximum absolute atomic E-state index is 5.91. The predicted octanol–water partition coefficient (Wildman–Crippen LogP) is 4.31. The molecule has 158 valence electrons. The molecular weight excluding hydrogens is 404 g/mol. The number of hydrazone groups is 1. The van der Waals surface area contributed by atoms with Crippen molar-refractivity contribution in [3.63, 3.8) is 0 Å². The topological polar surface area (TPSA) is 85.9 Å². The van der Waals surface area contributed by atoms with Crippen LogP contribution in [0, 0.1) is 0 Å². The van der Waals surface area contributed by atoms with E-state index in [0.29, 0.717) is 29.6 Å². The molecule has 0 bridgehead atoms. The summed E-state index contributed by atoms with van der Waals surface area (Å²) in [6.07, 6.45) is 3.27. The Hall–Kier alpha value is -4.46. The van der Waals surface area contributed by atoms with Crippen LogP contribution < -0.4 is 14.9 Å². The predicted molar refractivity (Wildman–Crippen MR) is 123 cm³/mol. The second-order valence-electron chi connectivity index (χ2n) is 7.05. The summed E-state index contributed by atoms with van der Waals surface area (Å²) in [5.41, 5.74) is 5.68. The van der Waals surface area contributed by atoms with Gasteiger partial charge in [-0.25, -0.2) is 0 Å². The molecule has 32 heavy (non-hydrogen) atoms. The standard InChI is InChI=1S/C24H20N6O2/c1-31-22-13-18(11-12-21(22)32-15-17-7-3-2-4-8-17)14-25-27-23-19-9-5-6-10-20(19)24-28-26-16-30(24)29-23/h2-14,16H,15H2,1H3,(H,27,29)/b25-14+. The molecule has 0 amide bonds. The molecule has 0 saturated carbocycles. The van der Waals surface area contributed by atoms with Crippen molar-refractivity contribution < 1.29 is 9.47 Å². The molecule has 2 heterocycles. The number of nitrogens with one attached hydrogen (secondary N) is 1. The van der Waals surface area contributed by atoms with Gasteiger partial charge < -0.3 is 9.47 Å². The lowest BCUT2D eigenvalue weighted by Gasteiger charge is -2.11. The van der Waals surface area contributed by atoms with E-state index in [9.17, 15) is 0 Å². The fraction of sp³-hybridized carbons (Fsp3) is 0.0833. The second-order valence-corrected chi connectivity index (χ2v) is 7.05. The molecule has 0 aliphatic heterocycles. The van der Waals surface area contributed by atoms with Crippen molar-refractivity contribution >= 4 is 28.5 Å². The Balaban J connectivity index is 1.34. The summed E-state index contributed by atoms with van der Waals surface area (Å²) in [7, 11) is 1.62. The first-order valence-electron chi connectivity index (χ1n) is 10.0. The Labute approximate surface area is 184 Å². The van der Waals surface area contributed by atoms with Crippen LogP contribution in [0.25, 0.3) is 16.4 Å². The van der Waals surface area contributed by atoms with Crippen molar-refractivity contribution in [1.29, 1.82) is 0 Å². The Bertz CT molecular complexity index is 1400. The van der Waals surface area contributed by atoms with E-state index >= 15 is 0 Å².